The van der Waals surface area contributed by atoms with Crippen LogP contribution in [0.1, 0.15) is 51.4 Å². The van der Waals surface area contributed by atoms with E-state index in [1.807, 2.05) is 4.90 Å². The fourth-order valence-corrected chi connectivity index (χ4v) is 4.32. The Morgan fingerprint density at radius 2 is 1.52 bits per heavy atom. The number of amides is 3. The number of carboxylic acid groups (broad SMARTS) is 1. The molecule has 2 heterocycles. The molecule has 1 saturated carbocycles. The Morgan fingerprint density at radius 3 is 2.24 bits per heavy atom. The Labute approximate surface area is 148 Å². The first kappa shape index (κ1) is 18.0. The lowest BCUT2D eigenvalue weighted by atomic mass is 9.88. The lowest BCUT2D eigenvalue weighted by molar-refractivity contribution is -0.143. The topological polar surface area (TPSA) is 89.9 Å². The van der Waals surface area contributed by atoms with Crippen LogP contribution in [0.3, 0.4) is 0 Å². The highest BCUT2D eigenvalue weighted by molar-refractivity contribution is 5.80. The maximum Gasteiger partial charge on any atom is 0.317 e. The molecule has 2 unspecified atom stereocenters. The van der Waals surface area contributed by atoms with Gasteiger partial charge in [-0.25, -0.2) is 4.79 Å². The van der Waals surface area contributed by atoms with Crippen LogP contribution in [0.15, 0.2) is 0 Å². The Hall–Kier alpha value is -1.79. The molecule has 2 atom stereocenters. The molecule has 1 aliphatic carbocycles. The molecule has 7 heteroatoms. The van der Waals surface area contributed by atoms with Gasteiger partial charge in [0.15, 0.2) is 0 Å². The van der Waals surface area contributed by atoms with Gasteiger partial charge in [-0.2, -0.15) is 0 Å². The van der Waals surface area contributed by atoms with Crippen molar-refractivity contribution >= 4 is 17.9 Å². The van der Waals surface area contributed by atoms with Crippen LogP contribution < -0.4 is 5.32 Å². The Balaban J connectivity index is 1.46. The fraction of sp³-hybridized carbons (Fsp3) is 0.833. The van der Waals surface area contributed by atoms with Crippen molar-refractivity contribution in [2.24, 2.45) is 11.8 Å². The van der Waals surface area contributed by atoms with E-state index in [-0.39, 0.29) is 30.4 Å². The van der Waals surface area contributed by atoms with Gasteiger partial charge < -0.3 is 20.2 Å². The summed E-state index contributed by atoms with van der Waals surface area (Å²) in [5.74, 6) is -0.878. The number of carboxylic acids is 1. The maximum absolute atomic E-state index is 12.6. The third-order valence-corrected chi connectivity index (χ3v) is 5.84. The average molecular weight is 351 g/mol. The number of piperidine rings is 1. The van der Waals surface area contributed by atoms with Gasteiger partial charge in [-0.1, -0.05) is 19.3 Å². The van der Waals surface area contributed by atoms with Crippen LogP contribution in [0, 0.1) is 11.8 Å². The van der Waals surface area contributed by atoms with E-state index < -0.39 is 11.9 Å². The fourth-order valence-electron chi connectivity index (χ4n) is 4.32. The summed E-state index contributed by atoms with van der Waals surface area (Å²) in [5.41, 5.74) is 0. The van der Waals surface area contributed by atoms with Crippen molar-refractivity contribution in [3.63, 3.8) is 0 Å². The number of nitrogens with zero attached hydrogens (tertiary/aromatic N) is 2. The van der Waals surface area contributed by atoms with Crippen molar-refractivity contribution in [3.05, 3.63) is 0 Å². The second kappa shape index (κ2) is 8.06. The third kappa shape index (κ3) is 4.44. The van der Waals surface area contributed by atoms with Gasteiger partial charge in [0, 0.05) is 38.1 Å². The zero-order valence-corrected chi connectivity index (χ0v) is 14.8. The normalized spacial score (nSPS) is 28.0. The number of nitrogens with one attached hydrogen (secondary N) is 1. The predicted molar refractivity (Wildman–Crippen MR) is 92.0 cm³/mol. The van der Waals surface area contributed by atoms with Gasteiger partial charge in [-0.05, 0) is 32.1 Å². The first-order chi connectivity index (χ1) is 12.0. The summed E-state index contributed by atoms with van der Waals surface area (Å²) in [6.45, 7) is 2.17. The zero-order chi connectivity index (χ0) is 17.8. The molecule has 140 valence electrons. The molecule has 0 aromatic carbocycles. The molecule has 0 radical (unpaired) electrons. The van der Waals surface area contributed by atoms with Gasteiger partial charge in [0.25, 0.3) is 0 Å². The summed E-state index contributed by atoms with van der Waals surface area (Å²) in [6.07, 6.45) is 7.64. The molecule has 3 fully saturated rings. The largest absolute Gasteiger partial charge is 0.481 e. The highest BCUT2D eigenvalue weighted by Crippen LogP contribution is 2.27. The van der Waals surface area contributed by atoms with Gasteiger partial charge >= 0.3 is 12.0 Å². The molecule has 0 aromatic rings. The average Bonchev–Trinajstić information content (AvgIpc) is 3.10. The second-order valence-electron chi connectivity index (χ2n) is 7.68. The van der Waals surface area contributed by atoms with E-state index >= 15 is 0 Å². The lowest BCUT2D eigenvalue weighted by Crippen LogP contribution is -2.50. The SMILES string of the molecule is O=C(O)C1CCCN(C(=O)NC2CCN(C(=O)C3CCCCC3)C2)C1. The van der Waals surface area contributed by atoms with Crippen LogP contribution in [0.25, 0.3) is 0 Å². The Morgan fingerprint density at radius 1 is 0.800 bits per heavy atom. The monoisotopic (exact) mass is 351 g/mol. The molecular weight excluding hydrogens is 322 g/mol. The Kier molecular flexibility index (Phi) is 5.81. The number of carbonyl (C=O) groups is 3. The van der Waals surface area contributed by atoms with Gasteiger partial charge in [0.2, 0.25) is 5.91 Å². The summed E-state index contributed by atoms with van der Waals surface area (Å²) in [7, 11) is 0. The van der Waals surface area contributed by atoms with Gasteiger partial charge in [0.1, 0.15) is 0 Å². The summed E-state index contributed by atoms with van der Waals surface area (Å²) in [4.78, 5) is 39.6. The van der Waals surface area contributed by atoms with Gasteiger partial charge in [-0.15, -0.1) is 0 Å². The maximum atomic E-state index is 12.6. The van der Waals surface area contributed by atoms with Crippen LogP contribution in [0.2, 0.25) is 0 Å². The number of aliphatic carboxylic acids is 1. The molecule has 7 nitrogen and oxygen atoms in total. The third-order valence-electron chi connectivity index (χ3n) is 5.84. The standard InChI is InChI=1S/C18H29N3O4/c22-16(13-5-2-1-3-6-13)20-10-8-15(12-20)19-18(25)21-9-4-7-14(11-21)17(23)24/h13-15H,1-12H2,(H,19,25)(H,23,24). The zero-order valence-electron chi connectivity index (χ0n) is 14.8. The van der Waals surface area contributed by atoms with Crippen molar-refractivity contribution in [1.29, 1.82) is 0 Å². The van der Waals surface area contributed by atoms with E-state index in [1.165, 1.54) is 6.42 Å². The molecule has 3 aliphatic rings. The van der Waals surface area contributed by atoms with Gasteiger partial charge in [0.05, 0.1) is 5.92 Å². The molecule has 3 rings (SSSR count). The van der Waals surface area contributed by atoms with Crippen LogP contribution in [0.4, 0.5) is 4.79 Å². The molecule has 0 bridgehead atoms. The van der Waals surface area contributed by atoms with Crippen molar-refractivity contribution in [2.75, 3.05) is 26.2 Å². The van der Waals surface area contributed by atoms with Crippen molar-refractivity contribution in [1.82, 2.24) is 15.1 Å². The second-order valence-corrected chi connectivity index (χ2v) is 7.68. The quantitative estimate of drug-likeness (QED) is 0.809. The van der Waals surface area contributed by atoms with Crippen LogP contribution >= 0.6 is 0 Å². The number of carbonyl (C=O) groups excluding carboxylic acids is 2. The molecule has 0 aromatic heterocycles. The highest BCUT2D eigenvalue weighted by atomic mass is 16.4. The van der Waals surface area contributed by atoms with Crippen LogP contribution in [-0.4, -0.2) is 65.0 Å². The van der Waals surface area contributed by atoms with Crippen molar-refractivity contribution in [2.45, 2.75) is 57.4 Å². The van der Waals surface area contributed by atoms with Crippen LogP contribution in [0.5, 0.6) is 0 Å². The summed E-state index contributed by atoms with van der Waals surface area (Å²) < 4.78 is 0. The summed E-state index contributed by atoms with van der Waals surface area (Å²) >= 11 is 0. The van der Waals surface area contributed by atoms with Gasteiger partial charge in [-0.3, -0.25) is 9.59 Å². The summed E-state index contributed by atoms with van der Waals surface area (Å²) in [6, 6.07) is -0.215. The number of likely N-dealkylation sites (tertiary alicyclic amines) is 2. The van der Waals surface area contributed by atoms with E-state index in [4.69, 9.17) is 5.11 Å². The molecular formula is C18H29N3O4. The number of urea groups is 1. The van der Waals surface area contributed by atoms with E-state index in [9.17, 15) is 14.4 Å². The molecule has 25 heavy (non-hydrogen) atoms. The first-order valence-corrected chi connectivity index (χ1v) is 9.61. The van der Waals surface area contributed by atoms with Crippen molar-refractivity contribution in [3.8, 4) is 0 Å². The first-order valence-electron chi connectivity index (χ1n) is 9.61. The van der Waals surface area contributed by atoms with E-state index in [0.29, 0.717) is 26.1 Å². The molecule has 2 saturated heterocycles. The number of rotatable bonds is 3. The molecule has 2 aliphatic heterocycles. The smallest absolute Gasteiger partial charge is 0.317 e. The molecule has 0 spiro atoms. The lowest BCUT2D eigenvalue weighted by Gasteiger charge is -2.31. The molecule has 2 N–H and O–H groups in total. The minimum atomic E-state index is -0.831. The van der Waals surface area contributed by atoms with E-state index in [0.717, 1.165) is 38.5 Å². The minimum absolute atomic E-state index is 0.0229. The number of hydrogen-bond donors (Lipinski definition) is 2. The number of hydrogen-bond acceptors (Lipinski definition) is 3. The van der Waals surface area contributed by atoms with E-state index in [1.54, 1.807) is 4.90 Å². The van der Waals surface area contributed by atoms with Crippen LogP contribution in [-0.2, 0) is 9.59 Å². The highest BCUT2D eigenvalue weighted by Gasteiger charge is 2.34. The summed E-state index contributed by atoms with van der Waals surface area (Å²) in [5, 5.41) is 12.1. The molecule has 3 amide bonds. The van der Waals surface area contributed by atoms with E-state index in [2.05, 4.69) is 5.32 Å². The Bertz CT molecular complexity index is 518. The predicted octanol–water partition coefficient (Wildman–Crippen LogP) is 1.67. The van der Waals surface area contributed by atoms with Crippen molar-refractivity contribution < 1.29 is 19.5 Å². The minimum Gasteiger partial charge on any atom is -0.481 e.